The van der Waals surface area contributed by atoms with Crippen LogP contribution in [0.25, 0.3) is 0 Å². The number of piperidine rings is 1. The molecule has 16 heavy (non-hydrogen) atoms. The molecule has 0 atom stereocenters. The lowest BCUT2D eigenvalue weighted by Gasteiger charge is -2.22. The summed E-state index contributed by atoms with van der Waals surface area (Å²) in [6.07, 6.45) is 5.56. The van der Waals surface area contributed by atoms with E-state index < -0.39 is 0 Å². The van der Waals surface area contributed by atoms with Crippen LogP contribution in [0.5, 0.6) is 0 Å². The van der Waals surface area contributed by atoms with E-state index in [1.165, 1.54) is 0 Å². The predicted octanol–water partition coefficient (Wildman–Crippen LogP) is 0.811. The molecule has 0 aliphatic carbocycles. The third-order valence-corrected chi connectivity index (χ3v) is 2.93. The minimum absolute atomic E-state index is 0.0216. The van der Waals surface area contributed by atoms with Crippen LogP contribution in [0.3, 0.4) is 0 Å². The molecule has 1 aromatic rings. The van der Waals surface area contributed by atoms with E-state index in [1.807, 2.05) is 0 Å². The fourth-order valence-corrected chi connectivity index (χ4v) is 1.92. The van der Waals surface area contributed by atoms with Crippen molar-refractivity contribution in [1.29, 1.82) is 0 Å². The smallest absolute Gasteiger partial charge is 0.252 e. The van der Waals surface area contributed by atoms with Gasteiger partial charge in [0.15, 0.2) is 0 Å². The van der Waals surface area contributed by atoms with E-state index in [0.29, 0.717) is 11.5 Å². The Morgan fingerprint density at radius 2 is 2.31 bits per heavy atom. The third kappa shape index (κ3) is 3.03. The normalized spacial score (nSPS) is 17.0. The molecule has 1 aromatic heterocycles. The molecular weight excluding hydrogens is 202 g/mol. The molecule has 0 spiro atoms. The number of aromatic nitrogens is 1. The second-order valence-electron chi connectivity index (χ2n) is 4.15. The average Bonchev–Trinajstić information content (AvgIpc) is 2.38. The zero-order valence-corrected chi connectivity index (χ0v) is 9.28. The molecule has 0 bridgehead atoms. The van der Waals surface area contributed by atoms with Gasteiger partial charge in [0.1, 0.15) is 0 Å². The zero-order valence-electron chi connectivity index (χ0n) is 9.28. The van der Waals surface area contributed by atoms with Crippen molar-refractivity contribution in [3.8, 4) is 0 Å². The van der Waals surface area contributed by atoms with Gasteiger partial charge in [0.2, 0.25) is 0 Å². The van der Waals surface area contributed by atoms with Crippen LogP contribution in [0, 0.1) is 5.92 Å². The van der Waals surface area contributed by atoms with Crippen LogP contribution in [0.2, 0.25) is 0 Å². The van der Waals surface area contributed by atoms with E-state index in [9.17, 15) is 4.79 Å². The maximum atomic E-state index is 11.7. The lowest BCUT2D eigenvalue weighted by molar-refractivity contribution is 0.0944. The van der Waals surface area contributed by atoms with Crippen molar-refractivity contribution in [3.63, 3.8) is 0 Å². The first-order chi connectivity index (χ1) is 7.86. The highest BCUT2D eigenvalue weighted by Gasteiger charge is 2.14. The molecule has 0 aromatic carbocycles. The Morgan fingerprint density at radius 1 is 1.50 bits per heavy atom. The molecule has 1 aliphatic heterocycles. The van der Waals surface area contributed by atoms with Crippen molar-refractivity contribution in [1.82, 2.24) is 15.6 Å². The van der Waals surface area contributed by atoms with Crippen LogP contribution in [0.15, 0.2) is 24.5 Å². The minimum atomic E-state index is -0.0216. The number of carbonyl (C=O) groups excluding carboxylic acids is 1. The van der Waals surface area contributed by atoms with Crippen LogP contribution >= 0.6 is 0 Å². The topological polar surface area (TPSA) is 54.0 Å². The molecule has 2 N–H and O–H groups in total. The Kier molecular flexibility index (Phi) is 3.88. The average molecular weight is 219 g/mol. The van der Waals surface area contributed by atoms with Gasteiger partial charge in [-0.1, -0.05) is 0 Å². The van der Waals surface area contributed by atoms with Gasteiger partial charge in [-0.2, -0.15) is 0 Å². The Bertz CT molecular complexity index is 333. The van der Waals surface area contributed by atoms with E-state index in [-0.39, 0.29) is 5.91 Å². The molecule has 1 amide bonds. The van der Waals surface area contributed by atoms with Crippen molar-refractivity contribution in [2.24, 2.45) is 5.92 Å². The molecule has 2 rings (SSSR count). The standard InChI is InChI=1S/C12H17N3O/c16-12(11-2-1-5-14-9-11)15-8-10-3-6-13-7-4-10/h1-2,5,9-10,13H,3-4,6-8H2,(H,15,16). The molecule has 86 valence electrons. The summed E-state index contributed by atoms with van der Waals surface area (Å²) in [6.45, 7) is 2.90. The highest BCUT2D eigenvalue weighted by molar-refractivity contribution is 5.93. The summed E-state index contributed by atoms with van der Waals surface area (Å²) >= 11 is 0. The summed E-state index contributed by atoms with van der Waals surface area (Å²) in [4.78, 5) is 15.7. The monoisotopic (exact) mass is 219 g/mol. The first-order valence-corrected chi connectivity index (χ1v) is 5.75. The second-order valence-corrected chi connectivity index (χ2v) is 4.15. The second kappa shape index (κ2) is 5.61. The Hall–Kier alpha value is -1.42. The van der Waals surface area contributed by atoms with Crippen molar-refractivity contribution in [2.75, 3.05) is 19.6 Å². The molecule has 0 saturated carbocycles. The maximum absolute atomic E-state index is 11.7. The lowest BCUT2D eigenvalue weighted by Crippen LogP contribution is -2.35. The van der Waals surface area contributed by atoms with E-state index in [0.717, 1.165) is 32.5 Å². The number of hydrogen-bond acceptors (Lipinski definition) is 3. The Morgan fingerprint density at radius 3 is 3.00 bits per heavy atom. The lowest BCUT2D eigenvalue weighted by atomic mass is 9.98. The number of nitrogens with one attached hydrogen (secondary N) is 2. The Balaban J connectivity index is 1.79. The van der Waals surface area contributed by atoms with Crippen molar-refractivity contribution < 1.29 is 4.79 Å². The summed E-state index contributed by atoms with van der Waals surface area (Å²) in [7, 11) is 0. The van der Waals surface area contributed by atoms with E-state index in [4.69, 9.17) is 0 Å². The summed E-state index contributed by atoms with van der Waals surface area (Å²) < 4.78 is 0. The van der Waals surface area contributed by atoms with Gasteiger partial charge in [-0.15, -0.1) is 0 Å². The summed E-state index contributed by atoms with van der Waals surface area (Å²) in [5.74, 6) is 0.591. The van der Waals surface area contributed by atoms with Gasteiger partial charge in [0, 0.05) is 18.9 Å². The molecule has 2 heterocycles. The van der Waals surface area contributed by atoms with Crippen molar-refractivity contribution >= 4 is 5.91 Å². The molecular formula is C12H17N3O. The van der Waals surface area contributed by atoms with Crippen LogP contribution in [-0.4, -0.2) is 30.5 Å². The maximum Gasteiger partial charge on any atom is 0.252 e. The number of hydrogen-bond donors (Lipinski definition) is 2. The Labute approximate surface area is 95.5 Å². The molecule has 1 saturated heterocycles. The van der Waals surface area contributed by atoms with Crippen LogP contribution in [0.1, 0.15) is 23.2 Å². The van der Waals surface area contributed by atoms with Crippen LogP contribution in [0.4, 0.5) is 0 Å². The van der Waals surface area contributed by atoms with E-state index >= 15 is 0 Å². The molecule has 1 fully saturated rings. The van der Waals surface area contributed by atoms with Gasteiger partial charge >= 0.3 is 0 Å². The van der Waals surface area contributed by atoms with Gasteiger partial charge in [-0.05, 0) is 44.0 Å². The first-order valence-electron chi connectivity index (χ1n) is 5.75. The predicted molar refractivity (Wildman–Crippen MR) is 62.2 cm³/mol. The number of carbonyl (C=O) groups is 1. The van der Waals surface area contributed by atoms with Gasteiger partial charge in [0.25, 0.3) is 5.91 Å². The number of amides is 1. The highest BCUT2D eigenvalue weighted by atomic mass is 16.1. The zero-order chi connectivity index (χ0) is 11.2. The van der Waals surface area contributed by atoms with Gasteiger partial charge in [-0.3, -0.25) is 9.78 Å². The fourth-order valence-electron chi connectivity index (χ4n) is 1.92. The van der Waals surface area contributed by atoms with Crippen LogP contribution < -0.4 is 10.6 Å². The van der Waals surface area contributed by atoms with Crippen LogP contribution in [-0.2, 0) is 0 Å². The molecule has 0 unspecified atom stereocenters. The number of nitrogens with zero attached hydrogens (tertiary/aromatic N) is 1. The van der Waals surface area contributed by atoms with Crippen molar-refractivity contribution in [3.05, 3.63) is 30.1 Å². The first kappa shape index (κ1) is 11.1. The summed E-state index contributed by atoms with van der Waals surface area (Å²) in [6, 6.07) is 3.56. The summed E-state index contributed by atoms with van der Waals surface area (Å²) in [5.41, 5.74) is 0.636. The number of pyridine rings is 1. The fraction of sp³-hybridized carbons (Fsp3) is 0.500. The quantitative estimate of drug-likeness (QED) is 0.791. The van der Waals surface area contributed by atoms with Gasteiger partial charge < -0.3 is 10.6 Å². The van der Waals surface area contributed by atoms with Gasteiger partial charge in [0.05, 0.1) is 5.56 Å². The molecule has 0 radical (unpaired) electrons. The summed E-state index contributed by atoms with van der Waals surface area (Å²) in [5, 5.41) is 6.27. The third-order valence-electron chi connectivity index (χ3n) is 2.93. The minimum Gasteiger partial charge on any atom is -0.352 e. The number of rotatable bonds is 3. The molecule has 4 nitrogen and oxygen atoms in total. The molecule has 1 aliphatic rings. The van der Waals surface area contributed by atoms with Crippen molar-refractivity contribution in [2.45, 2.75) is 12.8 Å². The molecule has 4 heteroatoms. The van der Waals surface area contributed by atoms with Gasteiger partial charge in [-0.25, -0.2) is 0 Å². The van der Waals surface area contributed by atoms with E-state index in [2.05, 4.69) is 15.6 Å². The SMILES string of the molecule is O=C(NCC1CCNCC1)c1cccnc1. The highest BCUT2D eigenvalue weighted by Crippen LogP contribution is 2.10. The van der Waals surface area contributed by atoms with E-state index in [1.54, 1.807) is 24.5 Å². The largest absolute Gasteiger partial charge is 0.352 e.